The molecule has 5 fully saturated rings. The van der Waals surface area contributed by atoms with Crippen molar-refractivity contribution in [2.75, 3.05) is 49.1 Å². The summed E-state index contributed by atoms with van der Waals surface area (Å²) in [5, 5.41) is 23.5. The molecule has 2 saturated carbocycles. The average molecular weight is 838 g/mol. The Morgan fingerprint density at radius 1 is 0.883 bits per heavy atom. The first-order valence-electron chi connectivity index (χ1n) is 20.8. The summed E-state index contributed by atoms with van der Waals surface area (Å²) in [6.45, 7) is 4.37. The number of nitrogens with zero attached hydrogens (tertiary/aromatic N) is 7. The molecule has 0 radical (unpaired) electrons. The Balaban J connectivity index is 0.709. The highest BCUT2D eigenvalue weighted by Gasteiger charge is 2.49. The lowest BCUT2D eigenvalue weighted by Crippen LogP contribution is -2.59. The SMILES string of the molecule is N#Cc1ccc(O[C@H]2CC[C@H](NC(=O)c3ccc(N4CCC5(CC4)CC(N4CCN(c6cc7c(cc6F)C(=O)N(C6CCC(=O)NC6=O)C7=O)CC4)C5)nn3)CC2)cc1Cl. The van der Waals surface area contributed by atoms with Crippen molar-refractivity contribution >= 4 is 52.6 Å². The van der Waals surface area contributed by atoms with Crippen molar-refractivity contribution in [1.82, 2.24) is 30.6 Å². The first kappa shape index (κ1) is 39.8. The van der Waals surface area contributed by atoms with E-state index in [4.69, 9.17) is 21.6 Å². The van der Waals surface area contributed by atoms with Gasteiger partial charge in [-0.2, -0.15) is 5.26 Å². The second kappa shape index (κ2) is 16.1. The predicted octanol–water partition coefficient (Wildman–Crippen LogP) is 4.23. The van der Waals surface area contributed by atoms with Crippen molar-refractivity contribution in [2.45, 2.75) is 88.4 Å². The number of carbonyl (C=O) groups excluding carboxylic acids is 5. The van der Waals surface area contributed by atoms with Gasteiger partial charge in [-0.15, -0.1) is 10.2 Å². The zero-order valence-electron chi connectivity index (χ0n) is 33.0. The second-order valence-corrected chi connectivity index (χ2v) is 17.4. The van der Waals surface area contributed by atoms with Gasteiger partial charge in [0.05, 0.1) is 33.5 Å². The minimum absolute atomic E-state index is 0.0102. The van der Waals surface area contributed by atoms with Crippen LogP contribution in [0.5, 0.6) is 5.75 Å². The number of benzene rings is 2. The highest BCUT2D eigenvalue weighted by molar-refractivity contribution is 6.31. The third-order valence-electron chi connectivity index (χ3n) is 13.4. The summed E-state index contributed by atoms with van der Waals surface area (Å²) in [5.41, 5.74) is 1.26. The molecule has 1 atom stereocenters. The number of rotatable bonds is 8. The maximum absolute atomic E-state index is 15.5. The predicted molar refractivity (Wildman–Crippen MR) is 216 cm³/mol. The number of hydrogen-bond donors (Lipinski definition) is 2. The molecule has 1 aromatic heterocycles. The van der Waals surface area contributed by atoms with Crippen LogP contribution >= 0.6 is 11.6 Å². The molecule has 3 aromatic rings. The Labute approximate surface area is 351 Å². The molecule has 15 nitrogen and oxygen atoms in total. The summed E-state index contributed by atoms with van der Waals surface area (Å²) in [5.74, 6) is -1.94. The number of imide groups is 2. The van der Waals surface area contributed by atoms with Crippen LogP contribution in [-0.2, 0) is 9.59 Å². The molecule has 312 valence electrons. The zero-order chi connectivity index (χ0) is 41.7. The number of fused-ring (bicyclic) bond motifs is 1. The van der Waals surface area contributed by atoms with Gasteiger partial charge in [0.2, 0.25) is 11.8 Å². The average Bonchev–Trinajstić information content (AvgIpc) is 3.47. The lowest BCUT2D eigenvalue weighted by molar-refractivity contribution is -0.136. The smallest absolute Gasteiger partial charge is 0.272 e. The number of ether oxygens (including phenoxy) is 1. The molecule has 1 spiro atoms. The minimum Gasteiger partial charge on any atom is -0.490 e. The van der Waals surface area contributed by atoms with Crippen LogP contribution in [0.3, 0.4) is 0 Å². The molecular weight excluding hydrogens is 793 g/mol. The first-order chi connectivity index (χ1) is 29.0. The maximum atomic E-state index is 15.5. The maximum Gasteiger partial charge on any atom is 0.272 e. The number of nitrogens with one attached hydrogen (secondary N) is 2. The molecule has 1 unspecified atom stereocenters. The molecule has 2 N–H and O–H groups in total. The molecule has 5 heterocycles. The molecule has 9 rings (SSSR count). The van der Waals surface area contributed by atoms with Crippen LogP contribution in [0.15, 0.2) is 42.5 Å². The molecule has 2 aliphatic carbocycles. The topological polar surface area (TPSA) is 181 Å². The molecule has 6 aliphatic rings. The van der Waals surface area contributed by atoms with Crippen molar-refractivity contribution in [2.24, 2.45) is 5.41 Å². The molecule has 60 heavy (non-hydrogen) atoms. The lowest BCUT2D eigenvalue weighted by atomic mass is 9.60. The number of amides is 5. The second-order valence-electron chi connectivity index (χ2n) is 17.0. The summed E-state index contributed by atoms with van der Waals surface area (Å²) in [4.78, 5) is 71.0. The fourth-order valence-electron chi connectivity index (χ4n) is 9.92. The van der Waals surface area contributed by atoms with Crippen LogP contribution in [0, 0.1) is 22.6 Å². The monoisotopic (exact) mass is 837 g/mol. The van der Waals surface area contributed by atoms with Crippen LogP contribution in [0.4, 0.5) is 15.9 Å². The van der Waals surface area contributed by atoms with Gasteiger partial charge >= 0.3 is 0 Å². The Morgan fingerprint density at radius 2 is 1.60 bits per heavy atom. The summed E-state index contributed by atoms with van der Waals surface area (Å²) >= 11 is 6.15. The van der Waals surface area contributed by atoms with Gasteiger partial charge in [-0.1, -0.05) is 11.6 Å². The number of piperidine rings is 2. The third-order valence-corrected chi connectivity index (χ3v) is 13.7. The minimum atomic E-state index is -1.10. The van der Waals surface area contributed by atoms with E-state index >= 15 is 4.39 Å². The van der Waals surface area contributed by atoms with E-state index in [1.807, 2.05) is 17.0 Å². The summed E-state index contributed by atoms with van der Waals surface area (Å²) in [7, 11) is 0. The van der Waals surface area contributed by atoms with Gasteiger partial charge in [0, 0.05) is 63.8 Å². The lowest BCUT2D eigenvalue weighted by Gasteiger charge is -2.56. The van der Waals surface area contributed by atoms with E-state index < -0.39 is 35.5 Å². The van der Waals surface area contributed by atoms with Crippen LogP contribution in [0.2, 0.25) is 5.02 Å². The van der Waals surface area contributed by atoms with Gasteiger partial charge in [-0.3, -0.25) is 39.1 Å². The zero-order valence-corrected chi connectivity index (χ0v) is 33.8. The number of aromatic nitrogens is 2. The number of hydrogen-bond acceptors (Lipinski definition) is 12. The highest BCUT2D eigenvalue weighted by Crippen LogP contribution is 2.51. The van der Waals surface area contributed by atoms with Gasteiger partial charge < -0.3 is 19.9 Å². The fraction of sp³-hybridized carbons (Fsp3) is 0.488. The van der Waals surface area contributed by atoms with Gasteiger partial charge in [-0.05, 0) is 99.6 Å². The number of piperazine rings is 1. The van der Waals surface area contributed by atoms with Gasteiger partial charge in [0.1, 0.15) is 23.7 Å². The Morgan fingerprint density at radius 3 is 2.25 bits per heavy atom. The summed E-state index contributed by atoms with van der Waals surface area (Å²) in [6.07, 6.45) is 7.47. The van der Waals surface area contributed by atoms with Gasteiger partial charge in [0.15, 0.2) is 11.5 Å². The van der Waals surface area contributed by atoms with E-state index in [-0.39, 0.29) is 53.1 Å². The third kappa shape index (κ3) is 7.64. The molecule has 5 amide bonds. The van der Waals surface area contributed by atoms with Gasteiger partial charge in [0.25, 0.3) is 17.7 Å². The van der Waals surface area contributed by atoms with Crippen molar-refractivity contribution < 1.29 is 33.1 Å². The first-order valence-corrected chi connectivity index (χ1v) is 21.2. The Kier molecular flexibility index (Phi) is 10.7. The largest absolute Gasteiger partial charge is 0.490 e. The van der Waals surface area contributed by atoms with E-state index in [0.29, 0.717) is 41.2 Å². The molecule has 4 aliphatic heterocycles. The Hall–Kier alpha value is -5.66. The quantitative estimate of drug-likeness (QED) is 0.309. The van der Waals surface area contributed by atoms with Crippen molar-refractivity contribution in [1.29, 1.82) is 5.26 Å². The van der Waals surface area contributed by atoms with Gasteiger partial charge in [-0.25, -0.2) is 4.39 Å². The summed E-state index contributed by atoms with van der Waals surface area (Å²) in [6, 6.07) is 12.7. The van der Waals surface area contributed by atoms with Crippen molar-refractivity contribution in [3.63, 3.8) is 0 Å². The normalized spacial score (nSPS) is 24.5. The fourth-order valence-corrected chi connectivity index (χ4v) is 10.1. The van der Waals surface area contributed by atoms with Crippen molar-refractivity contribution in [3.8, 4) is 11.8 Å². The number of nitriles is 1. The Bertz CT molecular complexity index is 2270. The number of carbonyl (C=O) groups is 5. The molecule has 0 bridgehead atoms. The summed E-state index contributed by atoms with van der Waals surface area (Å²) < 4.78 is 21.6. The van der Waals surface area contributed by atoms with Crippen molar-refractivity contribution in [3.05, 3.63) is 75.7 Å². The van der Waals surface area contributed by atoms with Crippen LogP contribution < -0.4 is 25.2 Å². The van der Waals surface area contributed by atoms with E-state index in [1.165, 1.54) is 6.07 Å². The van der Waals surface area contributed by atoms with E-state index in [1.54, 1.807) is 24.3 Å². The standard InChI is InChI=1S/C43H45ClFN9O6/c44-32-19-29(4-1-25(32)24-46)60-28-5-2-26(3-6-28)47-39(56)34-7-9-37(50-49-34)53-13-11-43(12-14-53)22-27(23-43)51-15-17-52(18-16-51)36-21-31-30(20-33(36)45)41(58)54(42(31)59)35-8-10-38(55)48-40(35)57/h1,4,7,9,19-21,26-28,35H,2-3,5-6,8,10-18,22-23H2,(H,47,56)(H,48,55,57)/t26-,28-,35?. The highest BCUT2D eigenvalue weighted by atomic mass is 35.5. The number of anilines is 2. The molecular formula is C43H45ClFN9O6. The number of halogens is 2. The van der Waals surface area contributed by atoms with E-state index in [2.05, 4.69) is 30.6 Å². The van der Waals surface area contributed by atoms with Crippen LogP contribution in [-0.4, -0.2) is 113 Å². The molecule has 2 aromatic carbocycles. The molecule has 3 saturated heterocycles. The van der Waals surface area contributed by atoms with E-state index in [0.717, 1.165) is 94.3 Å². The van der Waals surface area contributed by atoms with Crippen LogP contribution in [0.25, 0.3) is 0 Å². The van der Waals surface area contributed by atoms with E-state index in [9.17, 15) is 24.0 Å². The van der Waals surface area contributed by atoms with Crippen LogP contribution in [0.1, 0.15) is 101 Å². The molecule has 17 heteroatoms.